The minimum absolute atomic E-state index is 0.0352. The number of aromatic carboxylic acids is 1. The van der Waals surface area contributed by atoms with Gasteiger partial charge in [-0.15, -0.1) is 11.6 Å². The Balaban J connectivity index is 3.54. The third-order valence-corrected chi connectivity index (χ3v) is 2.31. The van der Waals surface area contributed by atoms with Crippen molar-refractivity contribution in [3.05, 3.63) is 33.8 Å². The van der Waals surface area contributed by atoms with Gasteiger partial charge in [-0.25, -0.2) is 4.79 Å². The molecule has 1 rings (SSSR count). The Morgan fingerprint density at radius 1 is 1.57 bits per heavy atom. The minimum atomic E-state index is -1.19. The fourth-order valence-electron chi connectivity index (χ4n) is 1.09. The normalized spacial score (nSPS) is 9.50. The lowest BCUT2D eigenvalue weighted by atomic mass is 10.0. The van der Waals surface area contributed by atoms with Crippen molar-refractivity contribution in [2.75, 3.05) is 0 Å². The van der Waals surface area contributed by atoms with Crippen LogP contribution in [0.2, 0.25) is 5.02 Å². The zero-order valence-corrected chi connectivity index (χ0v) is 8.43. The quantitative estimate of drug-likeness (QED) is 0.794. The summed E-state index contributed by atoms with van der Waals surface area (Å²) in [6.07, 6.45) is 0. The molecule has 0 atom stereocenters. The van der Waals surface area contributed by atoms with Crippen LogP contribution in [-0.2, 0) is 5.88 Å². The van der Waals surface area contributed by atoms with Crippen molar-refractivity contribution in [2.24, 2.45) is 0 Å². The van der Waals surface area contributed by atoms with Gasteiger partial charge >= 0.3 is 5.97 Å². The molecule has 0 saturated carbocycles. The molecule has 1 aromatic rings. The topological polar surface area (TPSA) is 61.1 Å². The predicted octanol–water partition coefficient (Wildman–Crippen LogP) is 2.65. The highest BCUT2D eigenvalue weighted by atomic mass is 35.5. The number of carboxylic acids is 1. The Morgan fingerprint density at radius 3 is 2.64 bits per heavy atom. The van der Waals surface area contributed by atoms with Gasteiger partial charge in [-0.2, -0.15) is 5.26 Å². The molecule has 0 spiro atoms. The molecular weight excluding hydrogens is 225 g/mol. The highest BCUT2D eigenvalue weighted by Gasteiger charge is 2.17. The van der Waals surface area contributed by atoms with Crippen molar-refractivity contribution in [1.29, 1.82) is 5.26 Å². The first-order valence-electron chi connectivity index (χ1n) is 3.62. The van der Waals surface area contributed by atoms with Crippen LogP contribution in [0.25, 0.3) is 0 Å². The summed E-state index contributed by atoms with van der Waals surface area (Å²) < 4.78 is 0. The smallest absolute Gasteiger partial charge is 0.337 e. The van der Waals surface area contributed by atoms with E-state index in [2.05, 4.69) is 0 Å². The van der Waals surface area contributed by atoms with E-state index in [-0.39, 0.29) is 22.0 Å². The molecule has 0 aliphatic carbocycles. The first kappa shape index (κ1) is 10.8. The molecule has 72 valence electrons. The van der Waals surface area contributed by atoms with E-state index in [1.165, 1.54) is 12.1 Å². The van der Waals surface area contributed by atoms with Crippen LogP contribution in [0.4, 0.5) is 0 Å². The second-order valence-electron chi connectivity index (χ2n) is 2.51. The molecule has 0 unspecified atom stereocenters. The van der Waals surface area contributed by atoms with Crippen LogP contribution in [0.5, 0.6) is 0 Å². The maximum Gasteiger partial charge on any atom is 0.337 e. The zero-order valence-electron chi connectivity index (χ0n) is 6.92. The average molecular weight is 230 g/mol. The van der Waals surface area contributed by atoms with E-state index in [1.54, 1.807) is 6.07 Å². The number of nitrogens with zero attached hydrogens (tertiary/aromatic N) is 1. The zero-order chi connectivity index (χ0) is 10.7. The van der Waals surface area contributed by atoms with Crippen LogP contribution in [0.15, 0.2) is 12.1 Å². The number of carbonyl (C=O) groups is 1. The standard InChI is InChI=1S/C9H5Cl2NO2/c10-3-5-1-2-7(11)6(4-12)8(5)9(13)14/h1-2H,3H2,(H,13,14). The molecule has 0 aliphatic rings. The number of carboxylic acid groups (broad SMARTS) is 1. The van der Waals surface area contributed by atoms with E-state index >= 15 is 0 Å². The highest BCUT2D eigenvalue weighted by Crippen LogP contribution is 2.24. The van der Waals surface area contributed by atoms with Crippen molar-refractivity contribution in [2.45, 2.75) is 5.88 Å². The van der Waals surface area contributed by atoms with E-state index < -0.39 is 5.97 Å². The Bertz CT molecular complexity index is 424. The Labute approximate surface area is 90.5 Å². The third kappa shape index (κ3) is 1.82. The summed E-state index contributed by atoms with van der Waals surface area (Å²) in [5.41, 5.74) is 0.229. The molecular formula is C9H5Cl2NO2. The van der Waals surface area contributed by atoms with Crippen LogP contribution in [-0.4, -0.2) is 11.1 Å². The lowest BCUT2D eigenvalue weighted by Crippen LogP contribution is -2.05. The fraction of sp³-hybridized carbons (Fsp3) is 0.111. The molecule has 0 aliphatic heterocycles. The van der Waals surface area contributed by atoms with Gasteiger partial charge in [-0.05, 0) is 11.6 Å². The summed E-state index contributed by atoms with van der Waals surface area (Å²) in [5.74, 6) is -1.16. The van der Waals surface area contributed by atoms with Crippen LogP contribution >= 0.6 is 23.2 Å². The number of benzene rings is 1. The monoisotopic (exact) mass is 229 g/mol. The summed E-state index contributed by atoms with van der Waals surface area (Å²) in [7, 11) is 0. The number of hydrogen-bond acceptors (Lipinski definition) is 2. The van der Waals surface area contributed by atoms with Gasteiger partial charge in [-0.1, -0.05) is 17.7 Å². The Kier molecular flexibility index (Phi) is 3.34. The third-order valence-electron chi connectivity index (χ3n) is 1.71. The molecule has 0 radical (unpaired) electrons. The van der Waals surface area contributed by atoms with Gasteiger partial charge in [0, 0.05) is 5.88 Å². The van der Waals surface area contributed by atoms with E-state index in [0.29, 0.717) is 5.56 Å². The van der Waals surface area contributed by atoms with Gasteiger partial charge in [0.15, 0.2) is 0 Å². The molecule has 5 heteroatoms. The van der Waals surface area contributed by atoms with Crippen molar-refractivity contribution in [1.82, 2.24) is 0 Å². The Hall–Kier alpha value is -1.24. The molecule has 0 heterocycles. The van der Waals surface area contributed by atoms with E-state index in [1.807, 2.05) is 0 Å². The second kappa shape index (κ2) is 4.32. The minimum Gasteiger partial charge on any atom is -0.478 e. The van der Waals surface area contributed by atoms with Crippen LogP contribution in [0.3, 0.4) is 0 Å². The van der Waals surface area contributed by atoms with Gasteiger partial charge < -0.3 is 5.11 Å². The number of halogens is 2. The van der Waals surface area contributed by atoms with Crippen molar-refractivity contribution in [3.8, 4) is 6.07 Å². The second-order valence-corrected chi connectivity index (χ2v) is 3.18. The lowest BCUT2D eigenvalue weighted by molar-refractivity contribution is 0.0695. The molecule has 14 heavy (non-hydrogen) atoms. The fourth-order valence-corrected chi connectivity index (χ4v) is 1.51. The van der Waals surface area contributed by atoms with Gasteiger partial charge in [0.1, 0.15) is 6.07 Å². The molecule has 3 nitrogen and oxygen atoms in total. The average Bonchev–Trinajstić information content (AvgIpc) is 2.17. The maximum absolute atomic E-state index is 10.8. The lowest BCUT2D eigenvalue weighted by Gasteiger charge is -2.05. The van der Waals surface area contributed by atoms with Crippen LogP contribution in [0.1, 0.15) is 21.5 Å². The summed E-state index contributed by atoms with van der Waals surface area (Å²) in [5, 5.41) is 17.7. The van der Waals surface area contributed by atoms with Crippen molar-refractivity contribution >= 4 is 29.2 Å². The number of alkyl halides is 1. The summed E-state index contributed by atoms with van der Waals surface area (Å²) >= 11 is 11.2. The van der Waals surface area contributed by atoms with Crippen molar-refractivity contribution < 1.29 is 9.90 Å². The molecule has 1 N–H and O–H groups in total. The van der Waals surface area contributed by atoms with E-state index in [4.69, 9.17) is 33.6 Å². The number of hydrogen-bond donors (Lipinski definition) is 1. The molecule has 0 aromatic heterocycles. The van der Waals surface area contributed by atoms with Crippen LogP contribution < -0.4 is 0 Å². The van der Waals surface area contributed by atoms with Gasteiger partial charge in [-0.3, -0.25) is 0 Å². The molecule has 0 amide bonds. The first-order chi connectivity index (χ1) is 6.61. The van der Waals surface area contributed by atoms with E-state index in [0.717, 1.165) is 0 Å². The first-order valence-corrected chi connectivity index (χ1v) is 4.53. The van der Waals surface area contributed by atoms with E-state index in [9.17, 15) is 4.79 Å². The summed E-state index contributed by atoms with van der Waals surface area (Å²) in [4.78, 5) is 10.8. The van der Waals surface area contributed by atoms with Gasteiger partial charge in [0.05, 0.1) is 16.1 Å². The van der Waals surface area contributed by atoms with Gasteiger partial charge in [0.2, 0.25) is 0 Å². The van der Waals surface area contributed by atoms with Crippen molar-refractivity contribution in [3.63, 3.8) is 0 Å². The largest absolute Gasteiger partial charge is 0.478 e. The Morgan fingerprint density at radius 2 is 2.21 bits per heavy atom. The van der Waals surface area contributed by atoms with Gasteiger partial charge in [0.25, 0.3) is 0 Å². The van der Waals surface area contributed by atoms with Crippen LogP contribution in [0, 0.1) is 11.3 Å². The predicted molar refractivity (Wildman–Crippen MR) is 52.7 cm³/mol. The highest BCUT2D eigenvalue weighted by molar-refractivity contribution is 6.32. The molecule has 1 aromatic carbocycles. The maximum atomic E-state index is 10.8. The molecule has 0 saturated heterocycles. The summed E-state index contributed by atoms with van der Waals surface area (Å²) in [6, 6.07) is 4.71. The molecule has 0 fully saturated rings. The SMILES string of the molecule is N#Cc1c(Cl)ccc(CCl)c1C(=O)O. The molecule has 0 bridgehead atoms. The summed E-state index contributed by atoms with van der Waals surface area (Å²) in [6.45, 7) is 0. The number of nitriles is 1. The number of rotatable bonds is 2.